The molecule has 1 fully saturated rings. The third kappa shape index (κ3) is 3.21. The van der Waals surface area contributed by atoms with E-state index in [9.17, 15) is 18.0 Å². The maximum absolute atomic E-state index is 13.2. The maximum Gasteiger partial charge on any atom is 0.398 e. The van der Waals surface area contributed by atoms with Crippen molar-refractivity contribution < 1.29 is 27.4 Å². The van der Waals surface area contributed by atoms with Crippen LogP contribution >= 0.6 is 0 Å². The summed E-state index contributed by atoms with van der Waals surface area (Å²) in [7, 11) is 1.30. The minimum Gasteiger partial charge on any atom is -0.465 e. The Kier molecular flexibility index (Phi) is 4.22. The lowest BCUT2D eigenvalue weighted by atomic mass is 9.93. The Morgan fingerprint density at radius 2 is 1.72 bits per heavy atom. The fourth-order valence-corrected chi connectivity index (χ4v) is 2.83. The number of aryl methyl sites for hydroxylation is 1. The number of rotatable bonds is 4. The van der Waals surface area contributed by atoms with Gasteiger partial charge < -0.3 is 9.47 Å². The number of methoxy groups -OCH3 is 1. The van der Waals surface area contributed by atoms with Crippen LogP contribution in [0.1, 0.15) is 34.3 Å². The van der Waals surface area contributed by atoms with Crippen molar-refractivity contribution >= 4 is 5.97 Å². The first kappa shape index (κ1) is 17.3. The van der Waals surface area contributed by atoms with Crippen molar-refractivity contribution in [2.24, 2.45) is 0 Å². The molecule has 2 aromatic rings. The SMILES string of the molecule is COC(=O)c1ccc(Oc2ccc(C3(C(F)(F)F)CC3)cc2C)cc1. The van der Waals surface area contributed by atoms with E-state index in [1.54, 1.807) is 43.3 Å². The monoisotopic (exact) mass is 350 g/mol. The van der Waals surface area contributed by atoms with E-state index in [1.165, 1.54) is 13.2 Å². The highest BCUT2D eigenvalue weighted by Gasteiger charge is 2.64. The summed E-state index contributed by atoms with van der Waals surface area (Å²) in [5, 5.41) is 0. The molecule has 2 aromatic carbocycles. The fraction of sp³-hybridized carbons (Fsp3) is 0.316. The van der Waals surface area contributed by atoms with Crippen LogP contribution in [-0.2, 0) is 10.2 Å². The van der Waals surface area contributed by atoms with Crippen molar-refractivity contribution in [1.82, 2.24) is 0 Å². The molecule has 0 atom stereocenters. The summed E-state index contributed by atoms with van der Waals surface area (Å²) < 4.78 is 50.0. The molecule has 0 amide bonds. The highest BCUT2D eigenvalue weighted by atomic mass is 19.4. The van der Waals surface area contributed by atoms with Gasteiger partial charge in [0.25, 0.3) is 0 Å². The number of carbonyl (C=O) groups is 1. The lowest BCUT2D eigenvalue weighted by molar-refractivity contribution is -0.160. The van der Waals surface area contributed by atoms with E-state index >= 15 is 0 Å². The van der Waals surface area contributed by atoms with E-state index in [0.717, 1.165) is 0 Å². The third-order valence-corrected chi connectivity index (χ3v) is 4.52. The smallest absolute Gasteiger partial charge is 0.398 e. The summed E-state index contributed by atoms with van der Waals surface area (Å²) >= 11 is 0. The highest BCUT2D eigenvalue weighted by molar-refractivity contribution is 5.89. The standard InChI is InChI=1S/C19H17F3O3/c1-12-11-14(18(9-10-18)19(20,21)22)5-8-16(12)25-15-6-3-13(4-7-15)17(23)24-2/h3-8,11H,9-10H2,1-2H3. The first-order valence-corrected chi connectivity index (χ1v) is 7.81. The largest absolute Gasteiger partial charge is 0.465 e. The summed E-state index contributed by atoms with van der Waals surface area (Å²) in [5.41, 5.74) is -0.392. The van der Waals surface area contributed by atoms with Crippen LogP contribution in [0.3, 0.4) is 0 Å². The number of ether oxygens (including phenoxy) is 2. The number of esters is 1. The summed E-state index contributed by atoms with van der Waals surface area (Å²) in [6, 6.07) is 10.9. The first-order valence-electron chi connectivity index (χ1n) is 7.81. The quantitative estimate of drug-likeness (QED) is 0.714. The van der Waals surface area contributed by atoms with Crippen LogP contribution in [-0.4, -0.2) is 19.3 Å². The Morgan fingerprint density at radius 3 is 2.20 bits per heavy atom. The summed E-state index contributed by atoms with van der Waals surface area (Å²) in [6.07, 6.45) is -3.97. The number of carbonyl (C=O) groups excluding carboxylic acids is 1. The molecule has 25 heavy (non-hydrogen) atoms. The Bertz CT molecular complexity index is 791. The van der Waals surface area contributed by atoms with Crippen LogP contribution in [0.4, 0.5) is 13.2 Å². The van der Waals surface area contributed by atoms with Gasteiger partial charge in [-0.3, -0.25) is 0 Å². The zero-order valence-electron chi connectivity index (χ0n) is 13.8. The molecule has 0 radical (unpaired) electrons. The average molecular weight is 350 g/mol. The van der Waals surface area contributed by atoms with Gasteiger partial charge in [0.05, 0.1) is 18.1 Å². The number of hydrogen-bond acceptors (Lipinski definition) is 3. The van der Waals surface area contributed by atoms with E-state index in [1.807, 2.05) is 0 Å². The number of benzene rings is 2. The summed E-state index contributed by atoms with van der Waals surface area (Å²) in [6.45, 7) is 1.72. The van der Waals surface area contributed by atoms with Gasteiger partial charge in [-0.05, 0) is 61.2 Å². The van der Waals surface area contributed by atoms with Crippen molar-refractivity contribution in [2.45, 2.75) is 31.4 Å². The van der Waals surface area contributed by atoms with Crippen LogP contribution in [0.15, 0.2) is 42.5 Å². The Hall–Kier alpha value is -2.50. The molecule has 1 aliphatic rings. The second-order valence-corrected chi connectivity index (χ2v) is 6.18. The Balaban J connectivity index is 1.79. The molecule has 1 saturated carbocycles. The topological polar surface area (TPSA) is 35.5 Å². The zero-order valence-corrected chi connectivity index (χ0v) is 13.8. The van der Waals surface area contributed by atoms with Crippen molar-refractivity contribution in [1.29, 1.82) is 0 Å². The molecule has 3 rings (SSSR count). The molecule has 132 valence electrons. The van der Waals surface area contributed by atoms with E-state index in [0.29, 0.717) is 22.6 Å². The molecule has 0 heterocycles. The van der Waals surface area contributed by atoms with Crippen LogP contribution in [0.25, 0.3) is 0 Å². The van der Waals surface area contributed by atoms with E-state index in [-0.39, 0.29) is 18.4 Å². The number of alkyl halides is 3. The normalized spacial score (nSPS) is 15.6. The summed E-state index contributed by atoms with van der Waals surface area (Å²) in [5.74, 6) is 0.516. The van der Waals surface area contributed by atoms with E-state index in [4.69, 9.17) is 4.74 Å². The van der Waals surface area contributed by atoms with Gasteiger partial charge in [0.1, 0.15) is 11.5 Å². The number of hydrogen-bond donors (Lipinski definition) is 0. The van der Waals surface area contributed by atoms with E-state index in [2.05, 4.69) is 4.74 Å². The van der Waals surface area contributed by atoms with Crippen molar-refractivity contribution in [3.05, 3.63) is 59.2 Å². The van der Waals surface area contributed by atoms with Gasteiger partial charge in [0, 0.05) is 0 Å². The molecule has 0 bridgehead atoms. The fourth-order valence-electron chi connectivity index (χ4n) is 2.83. The Morgan fingerprint density at radius 1 is 1.08 bits per heavy atom. The number of halogens is 3. The van der Waals surface area contributed by atoms with Gasteiger partial charge in [-0.2, -0.15) is 13.2 Å². The lowest BCUT2D eigenvalue weighted by Gasteiger charge is -2.21. The molecule has 0 unspecified atom stereocenters. The van der Waals surface area contributed by atoms with Gasteiger partial charge >= 0.3 is 12.1 Å². The van der Waals surface area contributed by atoms with Crippen molar-refractivity contribution in [2.75, 3.05) is 7.11 Å². The molecule has 1 aliphatic carbocycles. The van der Waals surface area contributed by atoms with Crippen molar-refractivity contribution in [3.8, 4) is 11.5 Å². The van der Waals surface area contributed by atoms with E-state index < -0.39 is 17.6 Å². The Labute approximate surface area is 143 Å². The molecule has 0 spiro atoms. The van der Waals surface area contributed by atoms with Crippen LogP contribution in [0, 0.1) is 6.92 Å². The first-order chi connectivity index (χ1) is 11.8. The molecule has 0 N–H and O–H groups in total. The van der Waals surface area contributed by atoms with Gasteiger partial charge in [0.15, 0.2) is 0 Å². The lowest BCUT2D eigenvalue weighted by Crippen LogP contribution is -2.28. The van der Waals surface area contributed by atoms with Crippen LogP contribution < -0.4 is 4.74 Å². The molecular weight excluding hydrogens is 333 g/mol. The van der Waals surface area contributed by atoms with Gasteiger partial charge in [0.2, 0.25) is 0 Å². The molecular formula is C19H17F3O3. The molecule has 0 saturated heterocycles. The maximum atomic E-state index is 13.2. The molecule has 6 heteroatoms. The molecule has 3 nitrogen and oxygen atoms in total. The van der Waals surface area contributed by atoms with Gasteiger partial charge in [-0.25, -0.2) is 4.79 Å². The molecule has 0 aromatic heterocycles. The molecule has 0 aliphatic heterocycles. The predicted molar refractivity (Wildman–Crippen MR) is 86.0 cm³/mol. The van der Waals surface area contributed by atoms with Crippen LogP contribution in [0.2, 0.25) is 0 Å². The second kappa shape index (κ2) is 6.10. The predicted octanol–water partition coefficient (Wildman–Crippen LogP) is 5.17. The van der Waals surface area contributed by atoms with Gasteiger partial charge in [-0.1, -0.05) is 12.1 Å². The minimum absolute atomic E-state index is 0.130. The van der Waals surface area contributed by atoms with Gasteiger partial charge in [-0.15, -0.1) is 0 Å². The van der Waals surface area contributed by atoms with Crippen molar-refractivity contribution in [3.63, 3.8) is 0 Å². The second-order valence-electron chi connectivity index (χ2n) is 6.18. The van der Waals surface area contributed by atoms with Crippen LogP contribution in [0.5, 0.6) is 11.5 Å². The third-order valence-electron chi connectivity index (χ3n) is 4.52. The highest BCUT2D eigenvalue weighted by Crippen LogP contribution is 2.59. The zero-order chi connectivity index (χ0) is 18.2. The summed E-state index contributed by atoms with van der Waals surface area (Å²) in [4.78, 5) is 11.4. The minimum atomic E-state index is -4.23. The average Bonchev–Trinajstić information content (AvgIpc) is 3.38.